The maximum atomic E-state index is 11.7. The highest BCUT2D eigenvalue weighted by Gasteiger charge is 2.11. The third-order valence-corrected chi connectivity index (χ3v) is 2.58. The zero-order chi connectivity index (χ0) is 14.3. The second-order valence-electron chi connectivity index (χ2n) is 4.12. The predicted molar refractivity (Wildman–Crippen MR) is 70.9 cm³/mol. The first-order valence-electron chi connectivity index (χ1n) is 5.88. The Morgan fingerprint density at radius 2 is 2.21 bits per heavy atom. The molecule has 0 heterocycles. The highest BCUT2D eigenvalue weighted by atomic mass is 16.5. The Morgan fingerprint density at radius 3 is 2.79 bits per heavy atom. The first-order valence-corrected chi connectivity index (χ1v) is 5.88. The molecule has 104 valence electrons. The van der Waals surface area contributed by atoms with Crippen molar-refractivity contribution in [1.29, 1.82) is 0 Å². The molecular formula is C13H18N2O4. The molecule has 0 radical (unpaired) electrons. The highest BCUT2D eigenvalue weighted by Crippen LogP contribution is 2.12. The van der Waals surface area contributed by atoms with E-state index in [0.29, 0.717) is 11.3 Å². The molecule has 19 heavy (non-hydrogen) atoms. The lowest BCUT2D eigenvalue weighted by Gasteiger charge is -2.12. The summed E-state index contributed by atoms with van der Waals surface area (Å²) in [6, 6.07) is 6.73. The molecule has 6 heteroatoms. The Morgan fingerprint density at radius 1 is 1.47 bits per heavy atom. The molecule has 1 amide bonds. The van der Waals surface area contributed by atoms with E-state index >= 15 is 0 Å². The summed E-state index contributed by atoms with van der Waals surface area (Å²) in [7, 11) is 1.50. The van der Waals surface area contributed by atoms with Crippen LogP contribution in [0.3, 0.4) is 0 Å². The molecule has 1 atom stereocenters. The molecular weight excluding hydrogens is 248 g/mol. The molecule has 0 saturated carbocycles. The minimum absolute atomic E-state index is 0.0762. The van der Waals surface area contributed by atoms with Gasteiger partial charge in [0.1, 0.15) is 0 Å². The van der Waals surface area contributed by atoms with Crippen molar-refractivity contribution in [1.82, 2.24) is 0 Å². The fraction of sp³-hybridized carbons (Fsp3) is 0.385. The van der Waals surface area contributed by atoms with Gasteiger partial charge < -0.3 is 20.9 Å². The number of nitrogens with one attached hydrogen (secondary N) is 1. The van der Waals surface area contributed by atoms with Gasteiger partial charge in [0.15, 0.2) is 0 Å². The smallest absolute Gasteiger partial charge is 0.307 e. The molecule has 4 N–H and O–H groups in total. The van der Waals surface area contributed by atoms with Gasteiger partial charge in [0, 0.05) is 19.3 Å². The normalized spacial score (nSPS) is 11.9. The van der Waals surface area contributed by atoms with Crippen LogP contribution < -0.4 is 11.1 Å². The van der Waals surface area contributed by atoms with Gasteiger partial charge in [-0.25, -0.2) is 0 Å². The molecule has 1 aromatic carbocycles. The molecule has 0 aromatic heterocycles. The van der Waals surface area contributed by atoms with Crippen molar-refractivity contribution in [2.45, 2.75) is 18.9 Å². The lowest BCUT2D eigenvalue weighted by atomic mass is 10.1. The minimum Gasteiger partial charge on any atom is -0.481 e. The van der Waals surface area contributed by atoms with Crippen molar-refractivity contribution >= 4 is 17.6 Å². The Balaban J connectivity index is 2.61. The van der Waals surface area contributed by atoms with Crippen LogP contribution in [0.15, 0.2) is 24.3 Å². The van der Waals surface area contributed by atoms with Crippen LogP contribution in [-0.2, 0) is 20.7 Å². The van der Waals surface area contributed by atoms with Crippen LogP contribution in [0, 0.1) is 0 Å². The highest BCUT2D eigenvalue weighted by molar-refractivity contribution is 5.91. The third kappa shape index (κ3) is 5.50. The number of hydrogen-bond donors (Lipinski definition) is 3. The van der Waals surface area contributed by atoms with Crippen LogP contribution in [0.1, 0.15) is 12.0 Å². The zero-order valence-electron chi connectivity index (χ0n) is 10.8. The zero-order valence-corrected chi connectivity index (χ0v) is 10.8. The number of carbonyl (C=O) groups excluding carboxylic acids is 1. The summed E-state index contributed by atoms with van der Waals surface area (Å²) in [5.41, 5.74) is 6.63. The SMILES string of the molecule is COC(CN)CC(=O)Nc1cccc(CC(=O)O)c1. The molecule has 0 aliphatic carbocycles. The van der Waals surface area contributed by atoms with Crippen molar-refractivity contribution in [3.63, 3.8) is 0 Å². The largest absolute Gasteiger partial charge is 0.481 e. The standard InChI is InChI=1S/C13H18N2O4/c1-19-11(8-14)7-12(16)15-10-4-2-3-9(5-10)6-13(17)18/h2-5,11H,6-8,14H2,1H3,(H,15,16)(H,17,18). The first-order chi connectivity index (χ1) is 9.05. The number of nitrogens with two attached hydrogens (primary N) is 1. The van der Waals surface area contributed by atoms with Crippen LogP contribution in [-0.4, -0.2) is 36.7 Å². The molecule has 0 aliphatic rings. The van der Waals surface area contributed by atoms with Gasteiger partial charge in [-0.1, -0.05) is 12.1 Å². The quantitative estimate of drug-likeness (QED) is 0.671. The van der Waals surface area contributed by atoms with E-state index < -0.39 is 5.97 Å². The molecule has 1 unspecified atom stereocenters. The number of carboxylic acids is 1. The Labute approximate surface area is 111 Å². The van der Waals surface area contributed by atoms with Crippen LogP contribution in [0.2, 0.25) is 0 Å². The Kier molecular flexibility index (Phi) is 5.98. The number of methoxy groups -OCH3 is 1. The van der Waals surface area contributed by atoms with E-state index in [0.717, 1.165) is 0 Å². The van der Waals surface area contributed by atoms with Gasteiger partial charge in [-0.2, -0.15) is 0 Å². The number of carboxylic acid groups (broad SMARTS) is 1. The summed E-state index contributed by atoms with van der Waals surface area (Å²) in [6.45, 7) is 0.267. The van der Waals surface area contributed by atoms with Gasteiger partial charge >= 0.3 is 5.97 Å². The summed E-state index contributed by atoms with van der Waals surface area (Å²) in [6.07, 6.45) is -0.231. The fourth-order valence-electron chi connectivity index (χ4n) is 1.62. The topological polar surface area (TPSA) is 102 Å². The van der Waals surface area contributed by atoms with Gasteiger partial charge in [0.25, 0.3) is 0 Å². The van der Waals surface area contributed by atoms with Gasteiger partial charge in [0.2, 0.25) is 5.91 Å². The van der Waals surface area contributed by atoms with Crippen LogP contribution in [0.4, 0.5) is 5.69 Å². The second-order valence-corrected chi connectivity index (χ2v) is 4.12. The van der Waals surface area contributed by atoms with Gasteiger partial charge in [-0.05, 0) is 17.7 Å². The average molecular weight is 266 g/mol. The van der Waals surface area contributed by atoms with Crippen LogP contribution in [0.25, 0.3) is 0 Å². The average Bonchev–Trinajstić information content (AvgIpc) is 2.35. The van der Waals surface area contributed by atoms with E-state index in [-0.39, 0.29) is 31.4 Å². The van der Waals surface area contributed by atoms with E-state index in [1.807, 2.05) is 0 Å². The summed E-state index contributed by atoms with van der Waals surface area (Å²) in [4.78, 5) is 22.3. The molecule has 6 nitrogen and oxygen atoms in total. The van der Waals surface area contributed by atoms with Crippen LogP contribution in [0.5, 0.6) is 0 Å². The minimum atomic E-state index is -0.911. The number of hydrogen-bond acceptors (Lipinski definition) is 4. The predicted octanol–water partition coefficient (Wildman–Crippen LogP) is 0.616. The second kappa shape index (κ2) is 7.50. The molecule has 0 aliphatic heterocycles. The molecule has 1 aromatic rings. The Bertz CT molecular complexity index is 444. The summed E-state index contributed by atoms with van der Waals surface area (Å²) >= 11 is 0. The number of amides is 1. The molecule has 0 saturated heterocycles. The number of anilines is 1. The van der Waals surface area contributed by atoms with E-state index in [2.05, 4.69) is 5.32 Å². The van der Waals surface area contributed by atoms with E-state index in [9.17, 15) is 9.59 Å². The van der Waals surface area contributed by atoms with Crippen molar-refractivity contribution in [3.05, 3.63) is 29.8 Å². The van der Waals surface area contributed by atoms with E-state index in [1.165, 1.54) is 7.11 Å². The Hall–Kier alpha value is -1.92. The van der Waals surface area contributed by atoms with Crippen molar-refractivity contribution in [2.75, 3.05) is 19.0 Å². The molecule has 0 spiro atoms. The van der Waals surface area contributed by atoms with Crippen molar-refractivity contribution in [2.24, 2.45) is 5.73 Å². The van der Waals surface area contributed by atoms with E-state index in [4.69, 9.17) is 15.6 Å². The number of ether oxygens (including phenoxy) is 1. The summed E-state index contributed by atoms with van der Waals surface area (Å²) in [5.74, 6) is -1.13. The monoisotopic (exact) mass is 266 g/mol. The summed E-state index contributed by atoms with van der Waals surface area (Å²) < 4.78 is 5.02. The lowest BCUT2D eigenvalue weighted by Crippen LogP contribution is -2.28. The maximum absolute atomic E-state index is 11.7. The van der Waals surface area contributed by atoms with Gasteiger partial charge in [-0.3, -0.25) is 9.59 Å². The fourth-order valence-corrected chi connectivity index (χ4v) is 1.62. The van der Waals surface area contributed by atoms with Gasteiger partial charge in [0.05, 0.1) is 18.9 Å². The number of aliphatic carboxylic acids is 1. The van der Waals surface area contributed by atoms with Crippen LogP contribution >= 0.6 is 0 Å². The van der Waals surface area contributed by atoms with Crippen molar-refractivity contribution in [3.8, 4) is 0 Å². The van der Waals surface area contributed by atoms with E-state index in [1.54, 1.807) is 24.3 Å². The van der Waals surface area contributed by atoms with Crippen molar-refractivity contribution < 1.29 is 19.4 Å². The molecule has 1 rings (SSSR count). The molecule has 0 fully saturated rings. The maximum Gasteiger partial charge on any atom is 0.307 e. The number of rotatable bonds is 7. The first kappa shape index (κ1) is 15.1. The lowest BCUT2D eigenvalue weighted by molar-refractivity contribution is -0.136. The number of benzene rings is 1. The van der Waals surface area contributed by atoms with Gasteiger partial charge in [-0.15, -0.1) is 0 Å². The molecule has 0 bridgehead atoms. The third-order valence-electron chi connectivity index (χ3n) is 2.58. The summed E-state index contributed by atoms with van der Waals surface area (Å²) in [5, 5.41) is 11.4. The number of carbonyl (C=O) groups is 2.